The Labute approximate surface area is 99.4 Å². The predicted octanol–water partition coefficient (Wildman–Crippen LogP) is 0.988. The molecule has 6 heteroatoms. The van der Waals surface area contributed by atoms with Crippen molar-refractivity contribution in [1.82, 2.24) is 0 Å². The summed E-state index contributed by atoms with van der Waals surface area (Å²) in [6.07, 6.45) is -0.0496. The molecule has 0 aromatic carbocycles. The zero-order valence-electron chi connectivity index (χ0n) is 8.98. The molecule has 1 saturated heterocycles. The molecule has 2 unspecified atom stereocenters. The largest absolute Gasteiger partial charge is 0.376 e. The van der Waals surface area contributed by atoms with E-state index >= 15 is 0 Å². The van der Waals surface area contributed by atoms with E-state index < -0.39 is 9.84 Å². The van der Waals surface area contributed by atoms with Crippen molar-refractivity contribution < 1.29 is 17.9 Å². The Morgan fingerprint density at radius 2 is 2.00 bits per heavy atom. The SMILES string of the molecule is CC(C)OCCOC1CS(=O)(=O)CC1Br. The van der Waals surface area contributed by atoms with E-state index in [1.807, 2.05) is 13.8 Å². The summed E-state index contributed by atoms with van der Waals surface area (Å²) in [6.45, 7) is 4.86. The van der Waals surface area contributed by atoms with E-state index in [4.69, 9.17) is 9.47 Å². The van der Waals surface area contributed by atoms with Gasteiger partial charge in [0.15, 0.2) is 9.84 Å². The Morgan fingerprint density at radius 1 is 1.33 bits per heavy atom. The standard InChI is InChI=1S/C9H17BrO4S/c1-7(2)13-3-4-14-9-6-15(11,12)5-8(9)10/h7-9H,3-6H2,1-2H3. The second-order valence-electron chi connectivity index (χ2n) is 3.92. The normalized spacial score (nSPS) is 29.9. The van der Waals surface area contributed by atoms with Gasteiger partial charge in [0, 0.05) is 0 Å². The summed E-state index contributed by atoms with van der Waals surface area (Å²) < 4.78 is 33.3. The van der Waals surface area contributed by atoms with E-state index in [-0.39, 0.29) is 28.5 Å². The molecule has 15 heavy (non-hydrogen) atoms. The van der Waals surface area contributed by atoms with E-state index in [1.54, 1.807) is 0 Å². The number of hydrogen-bond donors (Lipinski definition) is 0. The first-order valence-corrected chi connectivity index (χ1v) is 7.72. The summed E-state index contributed by atoms with van der Waals surface area (Å²) >= 11 is 3.32. The molecule has 0 saturated carbocycles. The number of alkyl halides is 1. The summed E-state index contributed by atoms with van der Waals surface area (Å²) in [6, 6.07) is 0. The molecule has 1 fully saturated rings. The second kappa shape index (κ2) is 5.61. The Morgan fingerprint density at radius 3 is 2.47 bits per heavy atom. The lowest BCUT2D eigenvalue weighted by Crippen LogP contribution is -2.24. The first kappa shape index (κ1) is 13.4. The zero-order chi connectivity index (χ0) is 11.5. The quantitative estimate of drug-likeness (QED) is 0.561. The van der Waals surface area contributed by atoms with Crippen molar-refractivity contribution in [3.05, 3.63) is 0 Å². The Bertz CT molecular complexity index is 288. The van der Waals surface area contributed by atoms with Crippen LogP contribution in [0.3, 0.4) is 0 Å². The fourth-order valence-corrected chi connectivity index (χ4v) is 4.87. The van der Waals surface area contributed by atoms with Gasteiger partial charge in [-0.1, -0.05) is 15.9 Å². The molecule has 90 valence electrons. The molecular weight excluding hydrogens is 284 g/mol. The average Bonchev–Trinajstić information content (AvgIpc) is 2.33. The molecule has 4 nitrogen and oxygen atoms in total. The van der Waals surface area contributed by atoms with Gasteiger partial charge >= 0.3 is 0 Å². The summed E-state index contributed by atoms with van der Waals surface area (Å²) in [5.74, 6) is 0.285. The summed E-state index contributed by atoms with van der Waals surface area (Å²) in [5.41, 5.74) is 0. The molecule has 1 rings (SSSR count). The number of sulfone groups is 1. The summed E-state index contributed by atoms with van der Waals surface area (Å²) in [4.78, 5) is -0.0819. The molecule has 0 radical (unpaired) electrons. The smallest absolute Gasteiger partial charge is 0.154 e. The second-order valence-corrected chi connectivity index (χ2v) is 7.25. The fourth-order valence-electron chi connectivity index (χ4n) is 1.41. The van der Waals surface area contributed by atoms with E-state index in [0.717, 1.165) is 0 Å². The van der Waals surface area contributed by atoms with Gasteiger partial charge in [-0.2, -0.15) is 0 Å². The minimum Gasteiger partial charge on any atom is -0.376 e. The Kier molecular flexibility index (Phi) is 5.02. The van der Waals surface area contributed by atoms with Crippen molar-refractivity contribution in [2.24, 2.45) is 0 Å². The predicted molar refractivity (Wildman–Crippen MR) is 62.2 cm³/mol. The van der Waals surface area contributed by atoms with Crippen LogP contribution in [0.2, 0.25) is 0 Å². The van der Waals surface area contributed by atoms with Gasteiger partial charge in [-0.15, -0.1) is 0 Å². The third kappa shape index (κ3) is 4.80. The molecule has 0 aliphatic carbocycles. The minimum atomic E-state index is -2.91. The van der Waals surface area contributed by atoms with Crippen molar-refractivity contribution in [2.45, 2.75) is 30.9 Å². The maximum atomic E-state index is 11.3. The van der Waals surface area contributed by atoms with Gasteiger partial charge in [-0.05, 0) is 13.8 Å². The molecule has 1 aliphatic rings. The molecular formula is C9H17BrO4S. The summed E-state index contributed by atoms with van der Waals surface area (Å²) in [7, 11) is -2.91. The van der Waals surface area contributed by atoms with Crippen molar-refractivity contribution in [3.63, 3.8) is 0 Å². The third-order valence-electron chi connectivity index (χ3n) is 2.10. The maximum absolute atomic E-state index is 11.3. The highest BCUT2D eigenvalue weighted by atomic mass is 79.9. The zero-order valence-corrected chi connectivity index (χ0v) is 11.4. The van der Waals surface area contributed by atoms with Crippen LogP contribution in [0, 0.1) is 0 Å². The van der Waals surface area contributed by atoms with Crippen LogP contribution in [0.4, 0.5) is 0 Å². The molecule has 0 bridgehead atoms. The first-order chi connectivity index (χ1) is 6.91. The highest BCUT2D eigenvalue weighted by molar-refractivity contribution is 9.09. The van der Waals surface area contributed by atoms with Crippen LogP contribution in [-0.2, 0) is 19.3 Å². The molecule has 0 aromatic rings. The highest BCUT2D eigenvalue weighted by Crippen LogP contribution is 2.22. The van der Waals surface area contributed by atoms with E-state index in [2.05, 4.69) is 15.9 Å². The highest BCUT2D eigenvalue weighted by Gasteiger charge is 2.36. The van der Waals surface area contributed by atoms with Crippen LogP contribution < -0.4 is 0 Å². The number of ether oxygens (including phenoxy) is 2. The van der Waals surface area contributed by atoms with Crippen LogP contribution in [0.25, 0.3) is 0 Å². The monoisotopic (exact) mass is 300 g/mol. The topological polar surface area (TPSA) is 52.6 Å². The van der Waals surface area contributed by atoms with Crippen LogP contribution in [0.15, 0.2) is 0 Å². The molecule has 2 atom stereocenters. The van der Waals surface area contributed by atoms with Gasteiger partial charge in [0.05, 0.1) is 41.8 Å². The molecule has 0 spiro atoms. The minimum absolute atomic E-state index is 0.0819. The number of halogens is 1. The van der Waals surface area contributed by atoms with Gasteiger partial charge in [-0.3, -0.25) is 0 Å². The van der Waals surface area contributed by atoms with E-state index in [9.17, 15) is 8.42 Å². The Balaban J connectivity index is 2.23. The van der Waals surface area contributed by atoms with Crippen LogP contribution in [0.1, 0.15) is 13.8 Å². The molecule has 0 N–H and O–H groups in total. The van der Waals surface area contributed by atoms with Crippen LogP contribution >= 0.6 is 15.9 Å². The van der Waals surface area contributed by atoms with Gasteiger partial charge in [0.2, 0.25) is 0 Å². The third-order valence-corrected chi connectivity index (χ3v) is 5.15. The van der Waals surface area contributed by atoms with Gasteiger partial charge in [0.1, 0.15) is 0 Å². The number of rotatable bonds is 5. The Hall–Kier alpha value is 0.350. The van der Waals surface area contributed by atoms with Gasteiger partial charge in [-0.25, -0.2) is 8.42 Å². The summed E-state index contributed by atoms with van der Waals surface area (Å²) in [5, 5.41) is 0. The lowest BCUT2D eigenvalue weighted by Gasteiger charge is -2.14. The average molecular weight is 301 g/mol. The molecule has 1 aliphatic heterocycles. The van der Waals surface area contributed by atoms with Crippen LogP contribution in [0.5, 0.6) is 0 Å². The maximum Gasteiger partial charge on any atom is 0.154 e. The van der Waals surface area contributed by atoms with Crippen molar-refractivity contribution in [3.8, 4) is 0 Å². The van der Waals surface area contributed by atoms with Crippen molar-refractivity contribution in [1.29, 1.82) is 0 Å². The van der Waals surface area contributed by atoms with Gasteiger partial charge < -0.3 is 9.47 Å². The van der Waals surface area contributed by atoms with Crippen LogP contribution in [-0.4, -0.2) is 50.2 Å². The van der Waals surface area contributed by atoms with Crippen molar-refractivity contribution >= 4 is 25.8 Å². The molecule has 1 heterocycles. The number of hydrogen-bond acceptors (Lipinski definition) is 4. The first-order valence-electron chi connectivity index (χ1n) is 4.98. The lowest BCUT2D eigenvalue weighted by molar-refractivity contribution is -0.00229. The molecule has 0 aromatic heterocycles. The van der Waals surface area contributed by atoms with E-state index in [1.165, 1.54) is 0 Å². The van der Waals surface area contributed by atoms with Crippen molar-refractivity contribution in [2.75, 3.05) is 24.7 Å². The molecule has 0 amide bonds. The lowest BCUT2D eigenvalue weighted by atomic mass is 10.3. The van der Waals surface area contributed by atoms with E-state index in [0.29, 0.717) is 13.2 Å². The van der Waals surface area contributed by atoms with Gasteiger partial charge in [0.25, 0.3) is 0 Å². The fraction of sp³-hybridized carbons (Fsp3) is 1.00.